The number of fused-ring (bicyclic) bond motifs is 1. The van der Waals surface area contributed by atoms with E-state index in [2.05, 4.69) is 13.8 Å². The van der Waals surface area contributed by atoms with Crippen molar-refractivity contribution in [2.24, 2.45) is 23.2 Å². The van der Waals surface area contributed by atoms with Crippen LogP contribution in [0.1, 0.15) is 53.9 Å². The molecule has 1 saturated carbocycles. The van der Waals surface area contributed by atoms with Gasteiger partial charge in [0.25, 0.3) is 0 Å². The molecule has 5 nitrogen and oxygen atoms in total. The number of ether oxygens (including phenoxy) is 2. The Labute approximate surface area is 143 Å². The summed E-state index contributed by atoms with van der Waals surface area (Å²) in [6.45, 7) is 9.30. The molecule has 5 heteroatoms. The lowest BCUT2D eigenvalue weighted by atomic mass is 9.52. The molecule has 0 aromatic rings. The third-order valence-corrected chi connectivity index (χ3v) is 5.76. The Morgan fingerprint density at radius 2 is 1.96 bits per heavy atom. The molecule has 0 aliphatic heterocycles. The van der Waals surface area contributed by atoms with E-state index in [-0.39, 0.29) is 53.6 Å². The van der Waals surface area contributed by atoms with E-state index in [0.29, 0.717) is 19.3 Å². The summed E-state index contributed by atoms with van der Waals surface area (Å²) in [5.41, 5.74) is 0.928. The molecule has 0 bridgehead atoms. The standard InChI is InChI=1S/C19H28O5/c1-11(10-23-13(3)20)18-17(22)7-6-15-9-16(24-14(4)21)8-12(2)19(15,18)5/h9,11-12,16,18H,6-8,10H2,1-5H3. The van der Waals surface area contributed by atoms with Crippen LogP contribution in [0, 0.1) is 23.2 Å². The van der Waals surface area contributed by atoms with Gasteiger partial charge in [-0.1, -0.05) is 26.3 Å². The van der Waals surface area contributed by atoms with Gasteiger partial charge in [0.15, 0.2) is 0 Å². The minimum atomic E-state index is -0.322. The van der Waals surface area contributed by atoms with E-state index in [1.807, 2.05) is 13.0 Å². The van der Waals surface area contributed by atoms with Gasteiger partial charge >= 0.3 is 11.9 Å². The highest BCUT2D eigenvalue weighted by molar-refractivity contribution is 5.84. The zero-order chi connectivity index (χ0) is 18.1. The predicted molar refractivity (Wildman–Crippen MR) is 89.1 cm³/mol. The molecular weight excluding hydrogens is 308 g/mol. The van der Waals surface area contributed by atoms with Gasteiger partial charge in [0.05, 0.1) is 6.61 Å². The normalized spacial score (nSPS) is 34.0. The van der Waals surface area contributed by atoms with Crippen molar-refractivity contribution in [2.75, 3.05) is 6.61 Å². The summed E-state index contributed by atoms with van der Waals surface area (Å²) in [6.07, 6.45) is 3.76. The van der Waals surface area contributed by atoms with E-state index in [1.54, 1.807) is 0 Å². The van der Waals surface area contributed by atoms with Gasteiger partial charge in [0.1, 0.15) is 11.9 Å². The zero-order valence-electron chi connectivity index (χ0n) is 15.3. The van der Waals surface area contributed by atoms with Gasteiger partial charge in [-0.15, -0.1) is 0 Å². The molecule has 0 radical (unpaired) electrons. The zero-order valence-corrected chi connectivity index (χ0v) is 15.3. The third-order valence-electron chi connectivity index (χ3n) is 5.76. The van der Waals surface area contributed by atoms with Crippen molar-refractivity contribution in [3.05, 3.63) is 11.6 Å². The summed E-state index contributed by atoms with van der Waals surface area (Å²) in [4.78, 5) is 35.1. The average molecular weight is 336 g/mol. The summed E-state index contributed by atoms with van der Waals surface area (Å²) in [7, 11) is 0. The number of ketones is 1. The summed E-state index contributed by atoms with van der Waals surface area (Å²) in [5, 5.41) is 0. The molecule has 0 spiro atoms. The number of hydrogen-bond donors (Lipinski definition) is 0. The van der Waals surface area contributed by atoms with Crippen molar-refractivity contribution < 1.29 is 23.9 Å². The van der Waals surface area contributed by atoms with Crippen LogP contribution in [0.5, 0.6) is 0 Å². The predicted octanol–water partition coefficient (Wildman–Crippen LogP) is 3.07. The maximum atomic E-state index is 12.7. The molecule has 0 heterocycles. The van der Waals surface area contributed by atoms with Crippen molar-refractivity contribution in [1.82, 2.24) is 0 Å². The van der Waals surface area contributed by atoms with Crippen LogP contribution in [-0.2, 0) is 23.9 Å². The minimum absolute atomic E-state index is 0.0391. The van der Waals surface area contributed by atoms with Crippen LogP contribution >= 0.6 is 0 Å². The van der Waals surface area contributed by atoms with Gasteiger partial charge in [-0.2, -0.15) is 0 Å². The van der Waals surface area contributed by atoms with Gasteiger partial charge in [-0.05, 0) is 24.8 Å². The molecule has 1 fully saturated rings. The molecule has 0 aromatic carbocycles. The third kappa shape index (κ3) is 3.55. The first-order valence-electron chi connectivity index (χ1n) is 8.70. The Morgan fingerprint density at radius 1 is 1.29 bits per heavy atom. The molecule has 0 amide bonds. The fourth-order valence-electron chi connectivity index (χ4n) is 4.54. The van der Waals surface area contributed by atoms with Gasteiger partial charge in [0, 0.05) is 37.5 Å². The van der Waals surface area contributed by atoms with Crippen molar-refractivity contribution in [3.8, 4) is 0 Å². The monoisotopic (exact) mass is 336 g/mol. The number of Topliss-reactive ketones (excluding diaryl/α,β-unsaturated/α-hetero) is 1. The minimum Gasteiger partial charge on any atom is -0.466 e. The first kappa shape index (κ1) is 18.7. The van der Waals surface area contributed by atoms with Crippen molar-refractivity contribution >= 4 is 17.7 Å². The Morgan fingerprint density at radius 3 is 2.54 bits per heavy atom. The second-order valence-corrected chi connectivity index (χ2v) is 7.48. The van der Waals surface area contributed by atoms with E-state index >= 15 is 0 Å². The van der Waals surface area contributed by atoms with E-state index < -0.39 is 0 Å². The van der Waals surface area contributed by atoms with Crippen molar-refractivity contribution in [2.45, 2.75) is 60.0 Å². The van der Waals surface area contributed by atoms with Crippen LogP contribution in [0.2, 0.25) is 0 Å². The van der Waals surface area contributed by atoms with Gasteiger partial charge in [-0.3, -0.25) is 14.4 Å². The largest absolute Gasteiger partial charge is 0.466 e. The van der Waals surface area contributed by atoms with E-state index in [9.17, 15) is 14.4 Å². The maximum Gasteiger partial charge on any atom is 0.303 e. The molecule has 2 aliphatic rings. The fourth-order valence-corrected chi connectivity index (χ4v) is 4.54. The summed E-state index contributed by atoms with van der Waals surface area (Å²) in [5.74, 6) is -0.368. The summed E-state index contributed by atoms with van der Waals surface area (Å²) in [6, 6.07) is 0. The van der Waals surface area contributed by atoms with E-state index in [4.69, 9.17) is 9.47 Å². The Hall–Kier alpha value is -1.65. The van der Waals surface area contributed by atoms with Crippen molar-refractivity contribution in [1.29, 1.82) is 0 Å². The maximum absolute atomic E-state index is 12.7. The number of carbonyl (C=O) groups excluding carboxylic acids is 3. The van der Waals surface area contributed by atoms with E-state index in [0.717, 1.165) is 0 Å². The highest BCUT2D eigenvalue weighted by atomic mass is 16.5. The molecule has 2 aliphatic carbocycles. The van der Waals surface area contributed by atoms with Crippen molar-refractivity contribution in [3.63, 3.8) is 0 Å². The van der Waals surface area contributed by atoms with Gasteiger partial charge < -0.3 is 9.47 Å². The topological polar surface area (TPSA) is 69.7 Å². The molecule has 134 valence electrons. The lowest BCUT2D eigenvalue weighted by molar-refractivity contribution is -0.149. The molecular formula is C19H28O5. The first-order valence-corrected chi connectivity index (χ1v) is 8.70. The molecule has 5 atom stereocenters. The number of carbonyl (C=O) groups is 3. The highest BCUT2D eigenvalue weighted by Gasteiger charge is 2.52. The molecule has 0 saturated heterocycles. The van der Waals surface area contributed by atoms with Gasteiger partial charge in [-0.25, -0.2) is 0 Å². The molecule has 24 heavy (non-hydrogen) atoms. The van der Waals surface area contributed by atoms with Crippen LogP contribution in [-0.4, -0.2) is 30.4 Å². The molecule has 0 aromatic heterocycles. The number of esters is 2. The highest BCUT2D eigenvalue weighted by Crippen LogP contribution is 2.55. The van der Waals surface area contributed by atoms with Crippen LogP contribution < -0.4 is 0 Å². The van der Waals surface area contributed by atoms with E-state index in [1.165, 1.54) is 19.4 Å². The Balaban J connectivity index is 2.30. The molecule has 2 rings (SSSR count). The lowest BCUT2D eigenvalue weighted by Crippen LogP contribution is -2.50. The Bertz CT molecular complexity index is 564. The number of rotatable bonds is 4. The number of allylic oxidation sites excluding steroid dienone is 1. The summed E-state index contributed by atoms with van der Waals surface area (Å²) < 4.78 is 10.5. The fraction of sp³-hybridized carbons (Fsp3) is 0.737. The summed E-state index contributed by atoms with van der Waals surface area (Å²) >= 11 is 0. The SMILES string of the molecule is CC(=O)OCC(C)C1C(=O)CCC2=CC(OC(C)=O)CC(C)C21C. The van der Waals surface area contributed by atoms with Crippen LogP contribution in [0.15, 0.2) is 11.6 Å². The Kier molecular flexibility index (Phi) is 5.51. The second-order valence-electron chi connectivity index (χ2n) is 7.48. The number of hydrogen-bond acceptors (Lipinski definition) is 5. The molecule has 0 N–H and O–H groups in total. The second kappa shape index (κ2) is 7.08. The van der Waals surface area contributed by atoms with Crippen LogP contribution in [0.3, 0.4) is 0 Å². The van der Waals surface area contributed by atoms with Crippen LogP contribution in [0.4, 0.5) is 0 Å². The molecule has 5 unspecified atom stereocenters. The average Bonchev–Trinajstić information content (AvgIpc) is 2.46. The smallest absolute Gasteiger partial charge is 0.303 e. The van der Waals surface area contributed by atoms with Crippen LogP contribution in [0.25, 0.3) is 0 Å². The lowest BCUT2D eigenvalue weighted by Gasteiger charge is -2.52. The first-order chi connectivity index (χ1) is 11.2. The quantitative estimate of drug-likeness (QED) is 0.583. The van der Waals surface area contributed by atoms with Gasteiger partial charge in [0.2, 0.25) is 0 Å².